The van der Waals surface area contributed by atoms with Gasteiger partial charge in [0.15, 0.2) is 0 Å². The van der Waals surface area contributed by atoms with Crippen LogP contribution >= 0.6 is 0 Å². The van der Waals surface area contributed by atoms with E-state index < -0.39 is 0 Å². The highest BCUT2D eigenvalue weighted by Gasteiger charge is 2.42. The molecule has 0 saturated heterocycles. The van der Waals surface area contributed by atoms with E-state index in [4.69, 9.17) is 0 Å². The van der Waals surface area contributed by atoms with Crippen molar-refractivity contribution in [2.45, 2.75) is 12.8 Å². The molecule has 5 nitrogen and oxygen atoms in total. The Kier molecular flexibility index (Phi) is 3.83. The smallest absolute Gasteiger partial charge is 0.227 e. The van der Waals surface area contributed by atoms with Gasteiger partial charge in [-0.05, 0) is 36.5 Å². The molecule has 1 N–H and O–H groups in total. The van der Waals surface area contributed by atoms with Crippen LogP contribution in [0, 0.1) is 11.8 Å². The van der Waals surface area contributed by atoms with Gasteiger partial charge in [-0.15, -0.1) is 0 Å². The van der Waals surface area contributed by atoms with Crippen LogP contribution in [0.15, 0.2) is 67.3 Å². The van der Waals surface area contributed by atoms with Crippen molar-refractivity contribution in [1.29, 1.82) is 0 Å². The number of anilines is 1. The van der Waals surface area contributed by atoms with E-state index in [-0.39, 0.29) is 11.8 Å². The van der Waals surface area contributed by atoms with E-state index in [0.717, 1.165) is 24.2 Å². The molecule has 1 aromatic carbocycles. The first-order chi connectivity index (χ1) is 11.8. The van der Waals surface area contributed by atoms with Crippen molar-refractivity contribution >= 4 is 11.6 Å². The summed E-state index contributed by atoms with van der Waals surface area (Å²) in [6, 6.07) is 14.1. The maximum absolute atomic E-state index is 12.4. The van der Waals surface area contributed by atoms with E-state index >= 15 is 0 Å². The normalized spacial score (nSPS) is 19.0. The molecular formula is C19H18N4O. The van der Waals surface area contributed by atoms with Crippen molar-refractivity contribution in [2.75, 3.05) is 5.32 Å². The summed E-state index contributed by atoms with van der Waals surface area (Å²) in [7, 11) is 0. The van der Waals surface area contributed by atoms with Crippen molar-refractivity contribution in [2.24, 2.45) is 11.8 Å². The molecule has 2 heterocycles. The van der Waals surface area contributed by atoms with Gasteiger partial charge in [-0.1, -0.05) is 30.3 Å². The average molecular weight is 318 g/mol. The SMILES string of the molecule is O=C(Nc1cnn(-c2ccncc2)c1)C1CC1Cc1ccccc1. The van der Waals surface area contributed by atoms with Gasteiger partial charge in [-0.2, -0.15) is 5.10 Å². The number of hydrogen-bond donors (Lipinski definition) is 1. The number of nitrogens with one attached hydrogen (secondary N) is 1. The number of pyridine rings is 1. The summed E-state index contributed by atoms with van der Waals surface area (Å²) in [6.45, 7) is 0. The minimum atomic E-state index is 0.0882. The number of benzene rings is 1. The van der Waals surface area contributed by atoms with Crippen LogP contribution in [0.25, 0.3) is 5.69 Å². The van der Waals surface area contributed by atoms with Crippen LogP contribution in [0.2, 0.25) is 0 Å². The second-order valence-electron chi connectivity index (χ2n) is 6.16. The monoisotopic (exact) mass is 318 g/mol. The molecule has 5 heteroatoms. The van der Waals surface area contributed by atoms with Crippen LogP contribution < -0.4 is 5.32 Å². The predicted molar refractivity (Wildman–Crippen MR) is 91.7 cm³/mol. The zero-order valence-corrected chi connectivity index (χ0v) is 13.2. The van der Waals surface area contributed by atoms with Gasteiger partial charge in [-0.3, -0.25) is 9.78 Å². The average Bonchev–Trinajstić information content (AvgIpc) is 3.23. The maximum Gasteiger partial charge on any atom is 0.227 e. The molecule has 24 heavy (non-hydrogen) atoms. The second-order valence-corrected chi connectivity index (χ2v) is 6.16. The first kappa shape index (κ1) is 14.6. The van der Waals surface area contributed by atoms with E-state index in [0.29, 0.717) is 5.92 Å². The number of amides is 1. The standard InChI is InChI=1S/C19H18N4O/c24-19(18-11-15(18)10-14-4-2-1-3-5-14)22-16-12-21-23(13-16)17-6-8-20-9-7-17/h1-9,12-13,15,18H,10-11H2,(H,22,24). The van der Waals surface area contributed by atoms with Crippen molar-refractivity contribution < 1.29 is 4.79 Å². The van der Waals surface area contributed by atoms with Crippen LogP contribution in [0.4, 0.5) is 5.69 Å². The molecular weight excluding hydrogens is 300 g/mol. The molecule has 2 aromatic heterocycles. The number of nitrogens with zero attached hydrogens (tertiary/aromatic N) is 3. The Morgan fingerprint density at radius 2 is 1.96 bits per heavy atom. The molecule has 0 spiro atoms. The summed E-state index contributed by atoms with van der Waals surface area (Å²) in [5, 5.41) is 7.25. The molecule has 2 unspecified atom stereocenters. The van der Waals surface area contributed by atoms with Crippen LogP contribution in [0.3, 0.4) is 0 Å². The first-order valence-electron chi connectivity index (χ1n) is 8.09. The van der Waals surface area contributed by atoms with Gasteiger partial charge in [0.05, 0.1) is 23.8 Å². The minimum absolute atomic E-state index is 0.0882. The van der Waals surface area contributed by atoms with E-state index in [2.05, 4.69) is 27.5 Å². The Hall–Kier alpha value is -2.95. The van der Waals surface area contributed by atoms with Gasteiger partial charge >= 0.3 is 0 Å². The lowest BCUT2D eigenvalue weighted by atomic mass is 10.1. The molecule has 2 atom stereocenters. The fourth-order valence-corrected chi connectivity index (χ4v) is 2.97. The van der Waals surface area contributed by atoms with Crippen molar-refractivity contribution in [3.05, 3.63) is 72.8 Å². The second kappa shape index (κ2) is 6.28. The molecule has 1 saturated carbocycles. The third kappa shape index (κ3) is 3.20. The van der Waals surface area contributed by atoms with Gasteiger partial charge in [0, 0.05) is 18.3 Å². The van der Waals surface area contributed by atoms with E-state index in [1.54, 1.807) is 23.3 Å². The summed E-state index contributed by atoms with van der Waals surface area (Å²) in [5.74, 6) is 0.641. The largest absolute Gasteiger partial charge is 0.323 e. The lowest BCUT2D eigenvalue weighted by Crippen LogP contribution is -2.14. The highest BCUT2D eigenvalue weighted by molar-refractivity contribution is 5.94. The molecule has 3 aromatic rings. The van der Waals surface area contributed by atoms with Gasteiger partial charge in [0.25, 0.3) is 0 Å². The Morgan fingerprint density at radius 1 is 1.17 bits per heavy atom. The highest BCUT2D eigenvalue weighted by atomic mass is 16.2. The Labute approximate surface area is 140 Å². The number of carbonyl (C=O) groups is 1. The van der Waals surface area contributed by atoms with Crippen LogP contribution in [-0.4, -0.2) is 20.7 Å². The lowest BCUT2D eigenvalue weighted by Gasteiger charge is -2.03. The molecule has 1 fully saturated rings. The molecule has 0 aliphatic heterocycles. The first-order valence-corrected chi connectivity index (χ1v) is 8.09. The quantitative estimate of drug-likeness (QED) is 0.786. The van der Waals surface area contributed by atoms with Gasteiger partial charge in [0.2, 0.25) is 5.91 Å². The highest BCUT2D eigenvalue weighted by Crippen LogP contribution is 2.41. The minimum Gasteiger partial charge on any atom is -0.323 e. The van der Waals surface area contributed by atoms with E-state index in [1.165, 1.54) is 5.56 Å². The maximum atomic E-state index is 12.4. The lowest BCUT2D eigenvalue weighted by molar-refractivity contribution is -0.117. The topological polar surface area (TPSA) is 59.8 Å². The molecule has 1 amide bonds. The number of hydrogen-bond acceptors (Lipinski definition) is 3. The van der Waals surface area contributed by atoms with Crippen LogP contribution in [-0.2, 0) is 11.2 Å². The van der Waals surface area contributed by atoms with Gasteiger partial charge in [0.1, 0.15) is 0 Å². The van der Waals surface area contributed by atoms with Gasteiger partial charge < -0.3 is 5.32 Å². The molecule has 1 aliphatic carbocycles. The molecule has 120 valence electrons. The number of rotatable bonds is 5. The third-order valence-corrected chi connectivity index (χ3v) is 4.38. The Bertz CT molecular complexity index is 829. The van der Waals surface area contributed by atoms with Gasteiger partial charge in [-0.25, -0.2) is 4.68 Å². The zero-order valence-electron chi connectivity index (χ0n) is 13.2. The fourth-order valence-electron chi connectivity index (χ4n) is 2.97. The molecule has 4 rings (SSSR count). The summed E-state index contributed by atoms with van der Waals surface area (Å²) >= 11 is 0. The van der Waals surface area contributed by atoms with Crippen molar-refractivity contribution in [3.8, 4) is 5.69 Å². The predicted octanol–water partition coefficient (Wildman–Crippen LogP) is 3.08. The van der Waals surface area contributed by atoms with Crippen LogP contribution in [0.1, 0.15) is 12.0 Å². The molecule has 1 aliphatic rings. The van der Waals surface area contributed by atoms with Crippen LogP contribution in [0.5, 0.6) is 0 Å². The fraction of sp³-hybridized carbons (Fsp3) is 0.211. The zero-order chi connectivity index (χ0) is 16.4. The number of carbonyl (C=O) groups excluding carboxylic acids is 1. The van der Waals surface area contributed by atoms with E-state index in [1.807, 2.05) is 36.5 Å². The summed E-state index contributed by atoms with van der Waals surface area (Å²) in [5.41, 5.74) is 2.93. The molecule has 0 radical (unpaired) electrons. The summed E-state index contributed by atoms with van der Waals surface area (Å²) in [6.07, 6.45) is 8.85. The molecule has 0 bridgehead atoms. The summed E-state index contributed by atoms with van der Waals surface area (Å²) in [4.78, 5) is 16.4. The van der Waals surface area contributed by atoms with Crippen molar-refractivity contribution in [1.82, 2.24) is 14.8 Å². The summed E-state index contributed by atoms with van der Waals surface area (Å²) < 4.78 is 1.73. The third-order valence-electron chi connectivity index (χ3n) is 4.38. The Morgan fingerprint density at radius 3 is 2.75 bits per heavy atom. The van der Waals surface area contributed by atoms with E-state index in [9.17, 15) is 4.79 Å². The van der Waals surface area contributed by atoms with Crippen molar-refractivity contribution in [3.63, 3.8) is 0 Å². The number of aromatic nitrogens is 3. The Balaban J connectivity index is 1.35.